The second kappa shape index (κ2) is 9.00. The van der Waals surface area contributed by atoms with Crippen LogP contribution in [0, 0.1) is 20.8 Å². The van der Waals surface area contributed by atoms with Crippen LogP contribution in [0.4, 0.5) is 5.69 Å². The fourth-order valence-corrected chi connectivity index (χ4v) is 4.34. The molecule has 4 aromatic rings. The van der Waals surface area contributed by atoms with Crippen molar-refractivity contribution in [3.05, 3.63) is 89.3 Å². The smallest absolute Gasteiger partial charge is 0.256 e. The Morgan fingerprint density at radius 3 is 2.55 bits per heavy atom. The minimum Gasteiger partial charge on any atom is -0.468 e. The van der Waals surface area contributed by atoms with E-state index in [2.05, 4.69) is 20.1 Å². The van der Waals surface area contributed by atoms with Crippen LogP contribution in [-0.2, 0) is 16.6 Å². The molecule has 0 aliphatic carbocycles. The molecule has 0 fully saturated rings. The van der Waals surface area contributed by atoms with E-state index in [1.807, 2.05) is 19.9 Å². The molecule has 0 unspecified atom stereocenters. The average molecular weight is 466 g/mol. The third-order valence-electron chi connectivity index (χ3n) is 5.01. The summed E-state index contributed by atoms with van der Waals surface area (Å²) in [5.41, 5.74) is 3.21. The standard InChI is InChI=1S/C23H23N5O4S/c1-15-6-8-20(33(30,31)25-14-19-5-4-10-32-19)12-21(15)23(29)26-18-7-9-22(24-13-18)28-17(3)11-16(2)27-28/h4-13,25H,14H2,1-3H3,(H,26,29). The highest BCUT2D eigenvalue weighted by molar-refractivity contribution is 7.89. The Bertz CT molecular complexity index is 1390. The van der Waals surface area contributed by atoms with Crippen molar-refractivity contribution < 1.29 is 17.6 Å². The number of amides is 1. The lowest BCUT2D eigenvalue weighted by atomic mass is 10.1. The normalized spacial score (nSPS) is 11.5. The van der Waals surface area contributed by atoms with E-state index < -0.39 is 15.9 Å². The number of hydrogen-bond acceptors (Lipinski definition) is 6. The molecular weight excluding hydrogens is 442 g/mol. The van der Waals surface area contributed by atoms with Crippen molar-refractivity contribution in [1.29, 1.82) is 0 Å². The highest BCUT2D eigenvalue weighted by Gasteiger charge is 2.19. The second-order valence-corrected chi connectivity index (χ2v) is 9.35. The summed E-state index contributed by atoms with van der Waals surface area (Å²) in [5.74, 6) is 0.682. The lowest BCUT2D eigenvalue weighted by molar-refractivity contribution is 0.102. The van der Waals surface area contributed by atoms with Crippen molar-refractivity contribution in [3.8, 4) is 5.82 Å². The predicted octanol–water partition coefficient (Wildman–Crippen LogP) is 3.52. The van der Waals surface area contributed by atoms with E-state index in [4.69, 9.17) is 4.42 Å². The van der Waals surface area contributed by atoms with Crippen molar-refractivity contribution in [2.75, 3.05) is 5.32 Å². The lowest BCUT2D eigenvalue weighted by Crippen LogP contribution is -2.24. The van der Waals surface area contributed by atoms with Crippen LogP contribution in [0.5, 0.6) is 0 Å². The van der Waals surface area contributed by atoms with E-state index >= 15 is 0 Å². The van der Waals surface area contributed by atoms with Crippen LogP contribution < -0.4 is 10.0 Å². The Balaban J connectivity index is 1.50. The highest BCUT2D eigenvalue weighted by Crippen LogP contribution is 2.19. The quantitative estimate of drug-likeness (QED) is 0.431. The molecule has 0 aliphatic heterocycles. The molecule has 9 nitrogen and oxygen atoms in total. The van der Waals surface area contributed by atoms with Gasteiger partial charge in [0.1, 0.15) is 5.76 Å². The summed E-state index contributed by atoms with van der Waals surface area (Å²) in [4.78, 5) is 17.2. The average Bonchev–Trinajstić information content (AvgIpc) is 3.42. The number of carbonyl (C=O) groups is 1. The lowest BCUT2D eigenvalue weighted by Gasteiger charge is -2.11. The molecule has 0 spiro atoms. The first-order valence-electron chi connectivity index (χ1n) is 10.2. The summed E-state index contributed by atoms with van der Waals surface area (Å²) in [7, 11) is -3.83. The molecule has 2 N–H and O–H groups in total. The topological polar surface area (TPSA) is 119 Å². The first-order valence-corrected chi connectivity index (χ1v) is 11.6. The Kier molecular flexibility index (Phi) is 6.12. The molecule has 1 aromatic carbocycles. The second-order valence-electron chi connectivity index (χ2n) is 7.58. The van der Waals surface area contributed by atoms with Gasteiger partial charge in [0.15, 0.2) is 5.82 Å². The summed E-state index contributed by atoms with van der Waals surface area (Å²) < 4.78 is 34.7. The number of rotatable bonds is 7. The highest BCUT2D eigenvalue weighted by atomic mass is 32.2. The molecule has 170 valence electrons. The molecule has 1 amide bonds. The summed E-state index contributed by atoms with van der Waals surface area (Å²) in [6.45, 7) is 5.59. The fourth-order valence-electron chi connectivity index (χ4n) is 3.32. The monoisotopic (exact) mass is 465 g/mol. The van der Waals surface area contributed by atoms with Gasteiger partial charge in [-0.1, -0.05) is 6.07 Å². The molecule has 0 aliphatic rings. The van der Waals surface area contributed by atoms with Gasteiger partial charge in [-0.05, 0) is 68.8 Å². The Morgan fingerprint density at radius 1 is 1.09 bits per heavy atom. The van der Waals surface area contributed by atoms with E-state index in [-0.39, 0.29) is 17.0 Å². The van der Waals surface area contributed by atoms with Gasteiger partial charge >= 0.3 is 0 Å². The van der Waals surface area contributed by atoms with Gasteiger partial charge in [0.05, 0.1) is 35.3 Å². The van der Waals surface area contributed by atoms with Crippen LogP contribution >= 0.6 is 0 Å². The maximum absolute atomic E-state index is 12.9. The number of benzene rings is 1. The van der Waals surface area contributed by atoms with Gasteiger partial charge in [-0.3, -0.25) is 4.79 Å². The maximum Gasteiger partial charge on any atom is 0.256 e. The van der Waals surface area contributed by atoms with Crippen LogP contribution in [0.3, 0.4) is 0 Å². The van der Waals surface area contributed by atoms with Crippen LogP contribution in [0.15, 0.2) is 70.3 Å². The number of hydrogen-bond donors (Lipinski definition) is 2. The number of sulfonamides is 1. The predicted molar refractivity (Wildman–Crippen MR) is 123 cm³/mol. The van der Waals surface area contributed by atoms with Crippen molar-refractivity contribution in [3.63, 3.8) is 0 Å². The number of aryl methyl sites for hydroxylation is 3. The van der Waals surface area contributed by atoms with Gasteiger partial charge in [0, 0.05) is 11.3 Å². The van der Waals surface area contributed by atoms with Crippen LogP contribution in [-0.4, -0.2) is 29.1 Å². The van der Waals surface area contributed by atoms with Crippen molar-refractivity contribution in [1.82, 2.24) is 19.5 Å². The molecule has 0 atom stereocenters. The van der Waals surface area contributed by atoms with Crippen molar-refractivity contribution in [2.24, 2.45) is 0 Å². The van der Waals surface area contributed by atoms with E-state index in [1.165, 1.54) is 24.6 Å². The minimum atomic E-state index is -3.83. The van der Waals surface area contributed by atoms with Gasteiger partial charge in [-0.15, -0.1) is 0 Å². The molecule has 0 saturated carbocycles. The Hall–Kier alpha value is -3.76. The third kappa shape index (κ3) is 5.02. The van der Waals surface area contributed by atoms with Gasteiger partial charge in [-0.2, -0.15) is 5.10 Å². The van der Waals surface area contributed by atoms with Crippen LogP contribution in [0.2, 0.25) is 0 Å². The molecule has 4 rings (SSSR count). The Labute approximate surface area is 191 Å². The zero-order valence-corrected chi connectivity index (χ0v) is 19.2. The van der Waals surface area contributed by atoms with E-state index in [0.29, 0.717) is 22.8 Å². The number of nitrogens with zero attached hydrogens (tertiary/aromatic N) is 3. The molecule has 10 heteroatoms. The van der Waals surface area contributed by atoms with Gasteiger partial charge in [0.25, 0.3) is 5.91 Å². The number of aromatic nitrogens is 3. The summed E-state index contributed by atoms with van der Waals surface area (Å²) >= 11 is 0. The first-order chi connectivity index (χ1) is 15.7. The SMILES string of the molecule is Cc1cc(C)n(-c2ccc(NC(=O)c3cc(S(=O)(=O)NCc4ccco4)ccc3C)cn2)n1. The number of furan rings is 1. The van der Waals surface area contributed by atoms with Crippen LogP contribution in [0.25, 0.3) is 5.82 Å². The molecule has 0 saturated heterocycles. The van der Waals surface area contributed by atoms with E-state index in [9.17, 15) is 13.2 Å². The van der Waals surface area contributed by atoms with Crippen LogP contribution in [0.1, 0.15) is 33.1 Å². The van der Waals surface area contributed by atoms with E-state index in [0.717, 1.165) is 11.4 Å². The Morgan fingerprint density at radius 2 is 1.91 bits per heavy atom. The number of nitrogens with one attached hydrogen (secondary N) is 2. The first kappa shape index (κ1) is 22.4. The molecule has 3 heterocycles. The minimum absolute atomic E-state index is 0.0113. The third-order valence-corrected chi connectivity index (χ3v) is 6.41. The number of pyridine rings is 1. The van der Waals surface area contributed by atoms with Gasteiger partial charge in [-0.25, -0.2) is 22.8 Å². The molecule has 3 aromatic heterocycles. The zero-order valence-electron chi connectivity index (χ0n) is 18.4. The number of anilines is 1. The zero-order chi connectivity index (χ0) is 23.6. The maximum atomic E-state index is 12.9. The van der Waals surface area contributed by atoms with Crippen molar-refractivity contribution in [2.45, 2.75) is 32.2 Å². The molecule has 0 radical (unpaired) electrons. The van der Waals surface area contributed by atoms with Gasteiger partial charge in [0.2, 0.25) is 10.0 Å². The largest absolute Gasteiger partial charge is 0.468 e. The van der Waals surface area contributed by atoms with E-state index in [1.54, 1.807) is 41.9 Å². The number of carbonyl (C=O) groups excluding carboxylic acids is 1. The fraction of sp³-hybridized carbons (Fsp3) is 0.174. The van der Waals surface area contributed by atoms with Crippen molar-refractivity contribution >= 4 is 21.6 Å². The summed E-state index contributed by atoms with van der Waals surface area (Å²) in [6.07, 6.45) is 3.00. The molecular formula is C23H23N5O4S. The summed E-state index contributed by atoms with van der Waals surface area (Å²) in [6, 6.07) is 13.2. The summed E-state index contributed by atoms with van der Waals surface area (Å²) in [5, 5.41) is 7.16. The molecule has 33 heavy (non-hydrogen) atoms. The molecule has 0 bridgehead atoms. The van der Waals surface area contributed by atoms with Gasteiger partial charge < -0.3 is 9.73 Å².